The fraction of sp³-hybridized carbons (Fsp3) is 0.318. The van der Waals surface area contributed by atoms with Crippen LogP contribution in [0.3, 0.4) is 0 Å². The van der Waals surface area contributed by atoms with Crippen LogP contribution in [0.2, 0.25) is 0 Å². The number of hydroxylamine groups is 2. The Hall–Kier alpha value is -2.22. The Balaban J connectivity index is 1.78. The Morgan fingerprint density at radius 2 is 1.83 bits per heavy atom. The van der Waals surface area contributed by atoms with Crippen molar-refractivity contribution in [3.05, 3.63) is 63.6 Å². The molecule has 1 spiro atoms. The maximum absolute atomic E-state index is 14.7. The number of hydrogen-bond acceptors (Lipinski definition) is 4. The number of carbonyl (C=O) groups excluding carboxylic acids is 1. The molecule has 4 rings (SSSR count). The van der Waals surface area contributed by atoms with E-state index in [-0.39, 0.29) is 23.1 Å². The van der Waals surface area contributed by atoms with Crippen LogP contribution in [-0.2, 0) is 9.63 Å². The van der Waals surface area contributed by atoms with E-state index in [0.29, 0.717) is 48.2 Å². The molecule has 152 valence electrons. The number of nitrogens with one attached hydrogen (secondary N) is 1. The van der Waals surface area contributed by atoms with Gasteiger partial charge in [-0.05, 0) is 60.7 Å². The third-order valence-electron chi connectivity index (χ3n) is 5.84. The summed E-state index contributed by atoms with van der Waals surface area (Å²) >= 11 is 3.38. The number of halogens is 2. The second-order valence-electron chi connectivity index (χ2n) is 7.53. The second kappa shape index (κ2) is 7.55. The van der Waals surface area contributed by atoms with Crippen LogP contribution in [0.15, 0.2) is 46.6 Å². The van der Waals surface area contributed by atoms with Crippen LogP contribution in [-0.4, -0.2) is 41.8 Å². The number of nitrogens with zero attached hydrogens (tertiary/aromatic N) is 1. The molecular formula is C22H22BrFN2O3. The molecule has 2 aromatic rings. The Morgan fingerprint density at radius 3 is 2.45 bits per heavy atom. The summed E-state index contributed by atoms with van der Waals surface area (Å²) in [6, 6.07) is 10.4. The van der Waals surface area contributed by atoms with Crippen molar-refractivity contribution >= 4 is 27.4 Å². The molecule has 0 radical (unpaired) electrons. The summed E-state index contributed by atoms with van der Waals surface area (Å²) < 4.78 is 15.6. The van der Waals surface area contributed by atoms with Crippen molar-refractivity contribution in [1.29, 1.82) is 0 Å². The number of carbonyl (C=O) groups is 1. The lowest BCUT2D eigenvalue weighted by molar-refractivity contribution is -0.152. The predicted molar refractivity (Wildman–Crippen MR) is 113 cm³/mol. The van der Waals surface area contributed by atoms with E-state index < -0.39 is 5.54 Å². The average molecular weight is 461 g/mol. The van der Waals surface area contributed by atoms with Crippen LogP contribution < -0.4 is 5.32 Å². The van der Waals surface area contributed by atoms with Gasteiger partial charge in [-0.3, -0.25) is 4.79 Å². The van der Waals surface area contributed by atoms with Crippen LogP contribution in [0.5, 0.6) is 0 Å². The largest absolute Gasteiger partial charge is 0.509 e. The number of hydrogen-bond donors (Lipinski definition) is 2. The van der Waals surface area contributed by atoms with Crippen molar-refractivity contribution in [1.82, 2.24) is 10.4 Å². The van der Waals surface area contributed by atoms with E-state index in [1.54, 1.807) is 25.2 Å². The molecule has 1 amide bonds. The van der Waals surface area contributed by atoms with E-state index >= 15 is 0 Å². The zero-order valence-corrected chi connectivity index (χ0v) is 17.8. The summed E-state index contributed by atoms with van der Waals surface area (Å²) in [5.41, 5.74) is 1.68. The fourth-order valence-electron chi connectivity index (χ4n) is 4.14. The zero-order valence-electron chi connectivity index (χ0n) is 16.3. The quantitative estimate of drug-likeness (QED) is 0.714. The number of rotatable bonds is 3. The lowest BCUT2D eigenvalue weighted by atomic mass is 9.85. The number of aryl methyl sites for hydroxylation is 1. The van der Waals surface area contributed by atoms with E-state index in [1.165, 1.54) is 6.07 Å². The van der Waals surface area contributed by atoms with Crippen molar-refractivity contribution in [2.24, 2.45) is 0 Å². The molecule has 2 aromatic carbocycles. The van der Waals surface area contributed by atoms with Gasteiger partial charge in [-0.15, -0.1) is 0 Å². The van der Waals surface area contributed by atoms with Gasteiger partial charge in [-0.2, -0.15) is 5.06 Å². The van der Waals surface area contributed by atoms with Gasteiger partial charge in [0.05, 0.1) is 12.7 Å². The van der Waals surface area contributed by atoms with Crippen molar-refractivity contribution in [2.75, 3.05) is 20.2 Å². The first-order valence-electron chi connectivity index (χ1n) is 9.46. The van der Waals surface area contributed by atoms with E-state index in [1.807, 2.05) is 24.3 Å². The molecule has 5 nitrogen and oxygen atoms in total. The molecule has 1 saturated heterocycles. The van der Waals surface area contributed by atoms with E-state index in [4.69, 9.17) is 4.84 Å². The SMILES string of the molecule is CON1CCC2(CC1)NC(=O)C(c1cc(-c3ccc(Br)cc3)c(F)cc1C)=C2O. The first-order valence-corrected chi connectivity index (χ1v) is 10.3. The molecule has 2 aliphatic rings. The molecule has 0 aromatic heterocycles. The van der Waals surface area contributed by atoms with Crippen molar-refractivity contribution in [3.63, 3.8) is 0 Å². The summed E-state index contributed by atoms with van der Waals surface area (Å²) in [6.45, 7) is 2.94. The van der Waals surface area contributed by atoms with Crippen LogP contribution in [0.4, 0.5) is 4.39 Å². The maximum atomic E-state index is 14.7. The zero-order chi connectivity index (χ0) is 20.8. The Kier molecular flexibility index (Phi) is 5.23. The minimum Gasteiger partial charge on any atom is -0.509 e. The monoisotopic (exact) mass is 460 g/mol. The van der Waals surface area contributed by atoms with Crippen molar-refractivity contribution in [2.45, 2.75) is 25.3 Å². The van der Waals surface area contributed by atoms with Gasteiger partial charge in [0.15, 0.2) is 0 Å². The lowest BCUT2D eigenvalue weighted by Crippen LogP contribution is -2.52. The number of piperidine rings is 1. The van der Waals surface area contributed by atoms with Crippen molar-refractivity contribution < 1.29 is 19.1 Å². The Bertz CT molecular complexity index is 996. The highest BCUT2D eigenvalue weighted by molar-refractivity contribution is 9.10. The summed E-state index contributed by atoms with van der Waals surface area (Å²) in [7, 11) is 1.61. The van der Waals surface area contributed by atoms with Gasteiger partial charge in [-0.25, -0.2) is 4.39 Å². The van der Waals surface area contributed by atoms with Gasteiger partial charge in [0.25, 0.3) is 5.91 Å². The molecule has 2 aliphatic heterocycles. The first-order chi connectivity index (χ1) is 13.8. The molecule has 7 heteroatoms. The van der Waals surface area contributed by atoms with Gasteiger partial charge < -0.3 is 15.3 Å². The topological polar surface area (TPSA) is 61.8 Å². The minimum atomic E-state index is -0.792. The number of benzene rings is 2. The van der Waals surface area contributed by atoms with Gasteiger partial charge >= 0.3 is 0 Å². The van der Waals surface area contributed by atoms with Crippen LogP contribution in [0.1, 0.15) is 24.0 Å². The molecule has 0 bridgehead atoms. The standard InChI is InChI=1S/C22H22BrFN2O3/c1-13-11-18(24)17(14-3-5-15(23)6-4-14)12-16(13)19-20(27)22(25-21(19)28)7-9-26(29-2)10-8-22/h3-6,11-12,27H,7-10H2,1-2H3,(H,25,28). The highest BCUT2D eigenvalue weighted by Gasteiger charge is 2.48. The van der Waals surface area contributed by atoms with Crippen LogP contribution in [0, 0.1) is 12.7 Å². The summed E-state index contributed by atoms with van der Waals surface area (Å²) in [4.78, 5) is 18.1. The highest BCUT2D eigenvalue weighted by Crippen LogP contribution is 2.40. The van der Waals surface area contributed by atoms with Crippen LogP contribution in [0.25, 0.3) is 16.7 Å². The molecule has 0 atom stereocenters. The minimum absolute atomic E-state index is 0.0368. The van der Waals surface area contributed by atoms with Crippen LogP contribution >= 0.6 is 15.9 Å². The Morgan fingerprint density at radius 1 is 1.17 bits per heavy atom. The number of amides is 1. The molecule has 0 aliphatic carbocycles. The van der Waals surface area contributed by atoms with Crippen molar-refractivity contribution in [3.8, 4) is 11.1 Å². The number of aliphatic hydroxyl groups is 1. The van der Waals surface area contributed by atoms with E-state index in [2.05, 4.69) is 21.2 Å². The van der Waals surface area contributed by atoms with E-state index in [9.17, 15) is 14.3 Å². The third kappa shape index (κ3) is 3.47. The van der Waals surface area contributed by atoms with Gasteiger partial charge in [-0.1, -0.05) is 28.1 Å². The molecular weight excluding hydrogens is 439 g/mol. The molecule has 2 heterocycles. The first kappa shape index (κ1) is 20.1. The lowest BCUT2D eigenvalue weighted by Gasteiger charge is -2.37. The molecule has 29 heavy (non-hydrogen) atoms. The second-order valence-corrected chi connectivity index (χ2v) is 8.44. The van der Waals surface area contributed by atoms with Gasteiger partial charge in [0.2, 0.25) is 0 Å². The summed E-state index contributed by atoms with van der Waals surface area (Å²) in [5.74, 6) is -0.658. The third-order valence-corrected chi connectivity index (χ3v) is 6.37. The summed E-state index contributed by atoms with van der Waals surface area (Å²) in [6.07, 6.45) is 1.09. The summed E-state index contributed by atoms with van der Waals surface area (Å²) in [5, 5.41) is 15.9. The molecule has 1 fully saturated rings. The normalized spacial score (nSPS) is 19.1. The molecule has 0 saturated carbocycles. The Labute approximate surface area is 177 Å². The highest BCUT2D eigenvalue weighted by atomic mass is 79.9. The smallest absolute Gasteiger partial charge is 0.256 e. The van der Waals surface area contributed by atoms with Gasteiger partial charge in [0, 0.05) is 23.1 Å². The van der Waals surface area contributed by atoms with Gasteiger partial charge in [0.1, 0.15) is 17.1 Å². The molecule has 2 N–H and O–H groups in total. The maximum Gasteiger partial charge on any atom is 0.256 e. The molecule has 0 unspecified atom stereocenters. The average Bonchev–Trinajstić information content (AvgIpc) is 2.93. The predicted octanol–water partition coefficient (Wildman–Crippen LogP) is 4.36. The fourth-order valence-corrected chi connectivity index (χ4v) is 4.41. The van der Waals surface area contributed by atoms with E-state index in [0.717, 1.165) is 4.47 Å². The number of aliphatic hydroxyl groups excluding tert-OH is 1.